The number of rotatable bonds is 6. The van der Waals surface area contributed by atoms with Crippen LogP contribution < -0.4 is 5.11 Å². The normalized spacial score (nSPS) is 12.9. The van der Waals surface area contributed by atoms with E-state index in [0.29, 0.717) is 0 Å². The average molecular weight is 207 g/mol. The van der Waals surface area contributed by atoms with Crippen molar-refractivity contribution >= 4 is 5.97 Å². The van der Waals surface area contributed by atoms with Crippen LogP contribution in [0.25, 0.3) is 0 Å². The van der Waals surface area contributed by atoms with Crippen LogP contribution in [0.15, 0.2) is 49.2 Å². The molecule has 0 aromatic rings. The molecule has 0 N–H and O–H groups in total. The van der Waals surface area contributed by atoms with Crippen LogP contribution in [0.2, 0.25) is 0 Å². The first kappa shape index (κ1) is 13.4. The minimum absolute atomic E-state index is 0.0349. The van der Waals surface area contributed by atoms with Crippen molar-refractivity contribution < 1.29 is 14.4 Å². The van der Waals surface area contributed by atoms with Gasteiger partial charge in [0.1, 0.15) is 6.54 Å². The number of carboxylic acids is 1. The lowest BCUT2D eigenvalue weighted by atomic mass is 10.4. The molecule has 0 aliphatic rings. The lowest BCUT2D eigenvalue weighted by Gasteiger charge is -2.24. The third-order valence-corrected chi connectivity index (χ3v) is 1.61. The third-order valence-electron chi connectivity index (χ3n) is 1.61. The Labute approximate surface area is 90.9 Å². The molecule has 0 heterocycles. The highest BCUT2D eigenvalue weighted by molar-refractivity contribution is 5.65. The summed E-state index contributed by atoms with van der Waals surface area (Å²) in [7, 11) is 3.58. The van der Waals surface area contributed by atoms with E-state index in [2.05, 4.69) is 6.58 Å². The summed E-state index contributed by atoms with van der Waals surface area (Å²) < 4.78 is 0.262. The second-order valence-electron chi connectivity index (χ2n) is 3.66. The Morgan fingerprint density at radius 1 is 1.20 bits per heavy atom. The van der Waals surface area contributed by atoms with Gasteiger partial charge in [0.25, 0.3) is 0 Å². The van der Waals surface area contributed by atoms with E-state index >= 15 is 0 Å². The average Bonchev–Trinajstić information content (AvgIpc) is 2.08. The van der Waals surface area contributed by atoms with Crippen molar-refractivity contribution in [3.63, 3.8) is 0 Å². The fourth-order valence-corrected chi connectivity index (χ4v) is 0.939. The molecule has 0 radical (unpaired) electrons. The van der Waals surface area contributed by atoms with Gasteiger partial charge in [-0.1, -0.05) is 37.0 Å². The number of hydrogen-bond acceptors (Lipinski definition) is 2. The maximum atomic E-state index is 10.4. The number of quaternary nitrogens is 1. The van der Waals surface area contributed by atoms with Gasteiger partial charge in [0.2, 0.25) is 0 Å². The van der Waals surface area contributed by atoms with Gasteiger partial charge in [-0.3, -0.25) is 4.48 Å². The Morgan fingerprint density at radius 2 is 1.73 bits per heavy atom. The third kappa shape index (κ3) is 8.71. The first-order chi connectivity index (χ1) is 6.98. The second-order valence-corrected chi connectivity index (χ2v) is 3.66. The number of carbonyl (C=O) groups is 1. The zero-order valence-corrected chi connectivity index (χ0v) is 9.22. The summed E-state index contributed by atoms with van der Waals surface area (Å²) in [6, 6.07) is 0. The fourth-order valence-electron chi connectivity index (χ4n) is 0.939. The first-order valence-electron chi connectivity index (χ1n) is 4.64. The summed E-state index contributed by atoms with van der Waals surface area (Å²) in [4.78, 5) is 10.4. The Balaban J connectivity index is 4.14. The molecule has 82 valence electrons. The van der Waals surface area contributed by atoms with Gasteiger partial charge in [0.15, 0.2) is 0 Å². The van der Waals surface area contributed by atoms with E-state index < -0.39 is 5.97 Å². The van der Waals surface area contributed by atoms with Crippen LogP contribution in [0.4, 0.5) is 0 Å². The van der Waals surface area contributed by atoms with Crippen molar-refractivity contribution in [2.75, 3.05) is 20.6 Å². The van der Waals surface area contributed by atoms with Crippen molar-refractivity contribution in [2.45, 2.75) is 0 Å². The first-order valence-corrected chi connectivity index (χ1v) is 4.64. The summed E-state index contributed by atoms with van der Waals surface area (Å²) in [6.07, 6.45) is 12.6. The molecule has 0 aromatic heterocycles. The van der Waals surface area contributed by atoms with E-state index in [-0.39, 0.29) is 11.0 Å². The maximum Gasteiger partial charge on any atom is 0.123 e. The van der Waals surface area contributed by atoms with E-state index in [4.69, 9.17) is 0 Å². The molecular weight excluding hydrogens is 190 g/mol. The number of allylic oxidation sites excluding steroid dienone is 6. The summed E-state index contributed by atoms with van der Waals surface area (Å²) in [5.74, 6) is -1.06. The molecule has 0 bridgehead atoms. The van der Waals surface area contributed by atoms with E-state index in [1.165, 1.54) is 0 Å². The number of nitrogens with zero attached hydrogens (tertiary/aromatic N) is 1. The predicted molar refractivity (Wildman–Crippen MR) is 59.6 cm³/mol. The molecule has 0 aliphatic carbocycles. The van der Waals surface area contributed by atoms with Crippen molar-refractivity contribution in [3.05, 3.63) is 49.2 Å². The minimum Gasteiger partial charge on any atom is -0.544 e. The SMILES string of the molecule is C=C/C=C/C=C/C=C/[N+](C)(C)CC(=O)[O-]. The largest absolute Gasteiger partial charge is 0.544 e. The molecule has 3 heteroatoms. The van der Waals surface area contributed by atoms with Gasteiger partial charge in [0.05, 0.1) is 26.3 Å². The molecule has 0 fully saturated rings. The van der Waals surface area contributed by atoms with E-state index in [1.807, 2.05) is 24.3 Å². The topological polar surface area (TPSA) is 40.1 Å². The lowest BCUT2D eigenvalue weighted by Crippen LogP contribution is -2.44. The molecule has 0 aromatic carbocycles. The standard InChI is InChI=1S/C12H17NO2/c1-4-5-6-7-8-9-10-13(2,3)11-12(14)15/h4-10H,1,11H2,2-3H3/b6-5+,8-7+,10-9+. The molecule has 15 heavy (non-hydrogen) atoms. The lowest BCUT2D eigenvalue weighted by molar-refractivity contribution is -0.833. The smallest absolute Gasteiger partial charge is 0.123 e. The Kier molecular flexibility index (Phi) is 6.06. The van der Waals surface area contributed by atoms with Gasteiger partial charge >= 0.3 is 0 Å². The number of hydrogen-bond donors (Lipinski definition) is 0. The highest BCUT2D eigenvalue weighted by atomic mass is 16.4. The van der Waals surface area contributed by atoms with Crippen LogP contribution in [-0.4, -0.2) is 31.1 Å². The molecule has 0 unspecified atom stereocenters. The van der Waals surface area contributed by atoms with Crippen molar-refractivity contribution in [3.8, 4) is 0 Å². The van der Waals surface area contributed by atoms with Crippen molar-refractivity contribution in [2.24, 2.45) is 0 Å². The van der Waals surface area contributed by atoms with E-state index in [9.17, 15) is 9.90 Å². The monoisotopic (exact) mass is 207 g/mol. The fraction of sp³-hybridized carbons (Fsp3) is 0.250. The minimum atomic E-state index is -1.06. The number of likely N-dealkylation sites (N-methyl/N-ethyl adjacent to an activating group) is 1. The summed E-state index contributed by atoms with van der Waals surface area (Å²) >= 11 is 0. The van der Waals surface area contributed by atoms with Gasteiger partial charge in [0, 0.05) is 0 Å². The van der Waals surface area contributed by atoms with Gasteiger partial charge < -0.3 is 9.90 Å². The van der Waals surface area contributed by atoms with Crippen molar-refractivity contribution in [1.29, 1.82) is 0 Å². The quantitative estimate of drug-likeness (QED) is 0.473. The van der Waals surface area contributed by atoms with Crippen LogP contribution in [0.1, 0.15) is 0 Å². The second kappa shape index (κ2) is 6.79. The van der Waals surface area contributed by atoms with Gasteiger partial charge in [-0.15, -0.1) is 0 Å². The predicted octanol–water partition coefficient (Wildman–Crippen LogP) is 0.625. The Bertz CT molecular complexity index is 299. The highest BCUT2D eigenvalue weighted by Crippen LogP contribution is 1.97. The maximum absolute atomic E-state index is 10.4. The van der Waals surface area contributed by atoms with Crippen LogP contribution in [-0.2, 0) is 4.79 Å². The molecule has 0 saturated heterocycles. The molecule has 3 nitrogen and oxygen atoms in total. The number of carbonyl (C=O) groups excluding carboxylic acids is 1. The molecule has 0 atom stereocenters. The molecule has 0 amide bonds. The molecule has 0 aliphatic heterocycles. The highest BCUT2D eigenvalue weighted by Gasteiger charge is 2.09. The zero-order valence-electron chi connectivity index (χ0n) is 9.22. The number of aliphatic carboxylic acids is 1. The van der Waals surface area contributed by atoms with Gasteiger partial charge in [-0.25, -0.2) is 0 Å². The van der Waals surface area contributed by atoms with Gasteiger partial charge in [-0.05, 0) is 6.08 Å². The zero-order chi connectivity index (χ0) is 11.7. The molecule has 0 saturated carbocycles. The molecule has 0 rings (SSSR count). The summed E-state index contributed by atoms with van der Waals surface area (Å²) in [5.41, 5.74) is 0. The van der Waals surface area contributed by atoms with Crippen molar-refractivity contribution in [1.82, 2.24) is 0 Å². The van der Waals surface area contributed by atoms with Crippen LogP contribution >= 0.6 is 0 Å². The van der Waals surface area contributed by atoms with Crippen LogP contribution in [0.3, 0.4) is 0 Å². The van der Waals surface area contributed by atoms with E-state index in [1.54, 1.807) is 32.4 Å². The molecule has 0 spiro atoms. The van der Waals surface area contributed by atoms with Gasteiger partial charge in [-0.2, -0.15) is 0 Å². The number of carboxylic acid groups (broad SMARTS) is 1. The Hall–Kier alpha value is -1.61. The summed E-state index contributed by atoms with van der Waals surface area (Å²) in [6.45, 7) is 3.50. The summed E-state index contributed by atoms with van der Waals surface area (Å²) in [5, 5.41) is 10.4. The van der Waals surface area contributed by atoms with E-state index in [0.717, 1.165) is 0 Å². The Morgan fingerprint density at radius 3 is 2.27 bits per heavy atom. The van der Waals surface area contributed by atoms with Crippen LogP contribution in [0, 0.1) is 0 Å². The van der Waals surface area contributed by atoms with Crippen LogP contribution in [0.5, 0.6) is 0 Å². The molecular formula is C12H17NO2.